The number of aromatic amines is 1. The SMILES string of the molecule is O=c1[nH]nc2c3c(cccc13)NC(CC1Cc3ccccc3C1)=N2. The Morgan fingerprint density at radius 3 is 2.62 bits per heavy atom. The lowest BCUT2D eigenvalue weighted by Crippen LogP contribution is -2.21. The highest BCUT2D eigenvalue weighted by molar-refractivity contribution is 6.12. The summed E-state index contributed by atoms with van der Waals surface area (Å²) < 4.78 is 0. The lowest BCUT2D eigenvalue weighted by atomic mass is 10.0. The third-order valence-electron chi connectivity index (χ3n) is 4.93. The molecule has 0 spiro atoms. The first-order valence-electron chi connectivity index (χ1n) is 8.21. The number of rotatable bonds is 2. The van der Waals surface area contributed by atoms with Crippen molar-refractivity contribution in [1.82, 2.24) is 10.2 Å². The van der Waals surface area contributed by atoms with Crippen LogP contribution in [-0.4, -0.2) is 16.0 Å². The number of aliphatic imine (C=N–C) groups is 1. The van der Waals surface area contributed by atoms with Crippen molar-refractivity contribution in [3.63, 3.8) is 0 Å². The molecule has 118 valence electrons. The number of nitrogens with zero attached hydrogens (tertiary/aromatic N) is 2. The normalized spacial score (nSPS) is 15.9. The molecule has 24 heavy (non-hydrogen) atoms. The lowest BCUT2D eigenvalue weighted by Gasteiger charge is -2.19. The first kappa shape index (κ1) is 13.5. The second-order valence-corrected chi connectivity index (χ2v) is 6.54. The molecule has 1 aliphatic carbocycles. The number of hydrogen-bond acceptors (Lipinski definition) is 4. The molecule has 2 aromatic carbocycles. The Balaban J connectivity index is 1.48. The first-order chi connectivity index (χ1) is 11.8. The summed E-state index contributed by atoms with van der Waals surface area (Å²) in [5, 5.41) is 11.5. The van der Waals surface area contributed by atoms with Gasteiger partial charge in [0, 0.05) is 6.42 Å². The van der Waals surface area contributed by atoms with E-state index in [4.69, 9.17) is 0 Å². The minimum absolute atomic E-state index is 0.178. The van der Waals surface area contributed by atoms with Crippen LogP contribution in [0.3, 0.4) is 0 Å². The fraction of sp³-hybridized carbons (Fsp3) is 0.211. The minimum Gasteiger partial charge on any atom is -0.343 e. The van der Waals surface area contributed by atoms with Crippen molar-refractivity contribution in [1.29, 1.82) is 0 Å². The molecule has 0 atom stereocenters. The first-order valence-corrected chi connectivity index (χ1v) is 8.21. The number of aromatic nitrogens is 2. The fourth-order valence-electron chi connectivity index (χ4n) is 3.86. The minimum atomic E-state index is -0.178. The Hall–Kier alpha value is -2.95. The third-order valence-corrected chi connectivity index (χ3v) is 4.93. The van der Waals surface area contributed by atoms with E-state index >= 15 is 0 Å². The highest BCUT2D eigenvalue weighted by Crippen LogP contribution is 2.34. The number of amidine groups is 1. The van der Waals surface area contributed by atoms with Gasteiger partial charge in [-0.15, -0.1) is 0 Å². The van der Waals surface area contributed by atoms with Gasteiger partial charge < -0.3 is 5.32 Å². The molecule has 0 bridgehead atoms. The van der Waals surface area contributed by atoms with E-state index < -0.39 is 0 Å². The molecule has 2 aliphatic rings. The van der Waals surface area contributed by atoms with Gasteiger partial charge in [0.25, 0.3) is 5.56 Å². The highest BCUT2D eigenvalue weighted by atomic mass is 16.1. The van der Waals surface area contributed by atoms with Crippen LogP contribution >= 0.6 is 0 Å². The number of anilines is 1. The highest BCUT2D eigenvalue weighted by Gasteiger charge is 2.24. The zero-order valence-electron chi connectivity index (χ0n) is 13.0. The number of benzene rings is 2. The molecule has 0 radical (unpaired) electrons. The molecule has 0 saturated carbocycles. The Kier molecular flexibility index (Phi) is 2.82. The molecule has 0 amide bonds. The largest absolute Gasteiger partial charge is 0.343 e. The van der Waals surface area contributed by atoms with E-state index in [-0.39, 0.29) is 5.56 Å². The molecule has 0 unspecified atom stereocenters. The van der Waals surface area contributed by atoms with E-state index in [9.17, 15) is 4.79 Å². The van der Waals surface area contributed by atoms with Crippen molar-refractivity contribution >= 4 is 28.1 Å². The van der Waals surface area contributed by atoms with E-state index in [1.807, 2.05) is 12.1 Å². The zero-order valence-corrected chi connectivity index (χ0v) is 13.0. The van der Waals surface area contributed by atoms with E-state index in [0.717, 1.165) is 36.2 Å². The van der Waals surface area contributed by atoms with Crippen molar-refractivity contribution in [3.8, 4) is 0 Å². The van der Waals surface area contributed by atoms with Crippen LogP contribution in [0.5, 0.6) is 0 Å². The summed E-state index contributed by atoms with van der Waals surface area (Å²) in [6.45, 7) is 0. The molecule has 5 rings (SSSR count). The Morgan fingerprint density at radius 2 is 1.83 bits per heavy atom. The van der Waals surface area contributed by atoms with E-state index in [2.05, 4.69) is 44.8 Å². The molecule has 1 aliphatic heterocycles. The van der Waals surface area contributed by atoms with Crippen LogP contribution in [0.1, 0.15) is 17.5 Å². The predicted octanol–water partition coefficient (Wildman–Crippen LogP) is 3.18. The quantitative estimate of drug-likeness (QED) is 0.763. The van der Waals surface area contributed by atoms with Gasteiger partial charge in [-0.25, -0.2) is 10.1 Å². The Labute approximate surface area is 138 Å². The Bertz CT molecular complexity index is 1030. The lowest BCUT2D eigenvalue weighted by molar-refractivity contribution is 0.586. The molecular weight excluding hydrogens is 300 g/mol. The van der Waals surface area contributed by atoms with Crippen molar-refractivity contribution in [2.24, 2.45) is 10.9 Å². The standard InChI is InChI=1S/C19H16N4O/c24-19-14-6-3-7-15-17(14)18(22-23-19)21-16(20-15)10-11-8-12-4-1-2-5-13(12)9-11/h1-7,11H,8-10H2,(H,23,24)(H,20,21,22). The number of hydrogen-bond donors (Lipinski definition) is 2. The number of fused-ring (bicyclic) bond motifs is 1. The van der Waals surface area contributed by atoms with Crippen LogP contribution in [0.25, 0.3) is 10.8 Å². The number of H-pyrrole nitrogens is 1. The van der Waals surface area contributed by atoms with Gasteiger partial charge in [-0.05, 0) is 42.0 Å². The third kappa shape index (κ3) is 2.05. The summed E-state index contributed by atoms with van der Waals surface area (Å²) >= 11 is 0. The van der Waals surface area contributed by atoms with E-state index in [1.165, 1.54) is 11.1 Å². The van der Waals surface area contributed by atoms with Gasteiger partial charge in [-0.3, -0.25) is 4.79 Å². The summed E-state index contributed by atoms with van der Waals surface area (Å²) in [5.74, 6) is 2.08. The van der Waals surface area contributed by atoms with Crippen LogP contribution in [-0.2, 0) is 12.8 Å². The van der Waals surface area contributed by atoms with Crippen molar-refractivity contribution in [2.75, 3.05) is 5.32 Å². The number of nitrogens with one attached hydrogen (secondary N) is 2. The van der Waals surface area contributed by atoms with Crippen LogP contribution in [0.15, 0.2) is 52.3 Å². The molecule has 2 heterocycles. The van der Waals surface area contributed by atoms with Crippen molar-refractivity contribution < 1.29 is 0 Å². The molecule has 1 aromatic heterocycles. The van der Waals surface area contributed by atoms with Gasteiger partial charge in [0.15, 0.2) is 5.82 Å². The monoisotopic (exact) mass is 316 g/mol. The van der Waals surface area contributed by atoms with Gasteiger partial charge in [-0.1, -0.05) is 30.3 Å². The Morgan fingerprint density at radius 1 is 1.04 bits per heavy atom. The second kappa shape index (κ2) is 5.03. The fourth-order valence-corrected chi connectivity index (χ4v) is 3.86. The summed E-state index contributed by atoms with van der Waals surface area (Å²) in [6, 6.07) is 14.3. The van der Waals surface area contributed by atoms with Crippen molar-refractivity contribution in [2.45, 2.75) is 19.3 Å². The van der Waals surface area contributed by atoms with Gasteiger partial charge in [0.2, 0.25) is 0 Å². The second-order valence-electron chi connectivity index (χ2n) is 6.54. The average molecular weight is 316 g/mol. The van der Waals surface area contributed by atoms with E-state index in [0.29, 0.717) is 17.1 Å². The van der Waals surface area contributed by atoms with Crippen LogP contribution in [0.4, 0.5) is 11.5 Å². The van der Waals surface area contributed by atoms with Gasteiger partial charge in [0.05, 0.1) is 16.5 Å². The smallest absolute Gasteiger partial charge is 0.272 e. The maximum Gasteiger partial charge on any atom is 0.272 e. The molecule has 5 heteroatoms. The maximum absolute atomic E-state index is 11.9. The average Bonchev–Trinajstić information content (AvgIpc) is 3.00. The van der Waals surface area contributed by atoms with Gasteiger partial charge in [0.1, 0.15) is 5.84 Å². The maximum atomic E-state index is 11.9. The summed E-state index contributed by atoms with van der Waals surface area (Å²) in [7, 11) is 0. The molecular formula is C19H16N4O. The van der Waals surface area contributed by atoms with Crippen LogP contribution < -0.4 is 10.9 Å². The molecule has 3 aromatic rings. The van der Waals surface area contributed by atoms with Crippen LogP contribution in [0.2, 0.25) is 0 Å². The molecule has 5 nitrogen and oxygen atoms in total. The van der Waals surface area contributed by atoms with E-state index in [1.54, 1.807) is 6.07 Å². The molecule has 0 saturated heterocycles. The van der Waals surface area contributed by atoms with Gasteiger partial charge in [-0.2, -0.15) is 5.10 Å². The predicted molar refractivity (Wildman–Crippen MR) is 95.0 cm³/mol. The molecule has 2 N–H and O–H groups in total. The zero-order chi connectivity index (χ0) is 16.1. The van der Waals surface area contributed by atoms with Crippen LogP contribution in [0, 0.1) is 5.92 Å². The molecule has 0 fully saturated rings. The topological polar surface area (TPSA) is 70.1 Å². The van der Waals surface area contributed by atoms with Crippen molar-refractivity contribution in [3.05, 3.63) is 63.9 Å². The van der Waals surface area contributed by atoms with Gasteiger partial charge >= 0.3 is 0 Å². The summed E-state index contributed by atoms with van der Waals surface area (Å²) in [5.41, 5.74) is 3.64. The summed E-state index contributed by atoms with van der Waals surface area (Å²) in [6.07, 6.45) is 3.06. The summed E-state index contributed by atoms with van der Waals surface area (Å²) in [4.78, 5) is 16.6.